The molecule has 0 aliphatic heterocycles. The SMILES string of the molecule is Brc1c2ccccc2c(N(Nc2ccccn2)c2ccccc2)c2ccccc12. The number of hydrogen-bond donors (Lipinski definition) is 1. The van der Waals surface area contributed by atoms with Gasteiger partial charge in [0.05, 0.1) is 11.4 Å². The van der Waals surface area contributed by atoms with Crippen molar-refractivity contribution in [2.45, 2.75) is 0 Å². The monoisotopic (exact) mass is 439 g/mol. The molecule has 0 saturated carbocycles. The van der Waals surface area contributed by atoms with Gasteiger partial charge in [0.1, 0.15) is 5.82 Å². The van der Waals surface area contributed by atoms with Crippen LogP contribution in [0.25, 0.3) is 21.5 Å². The van der Waals surface area contributed by atoms with E-state index in [1.807, 2.05) is 36.4 Å². The standard InChI is InChI=1S/C25H18BrN3/c26-24-19-12-4-6-14-21(19)25(22-15-7-5-13-20(22)24)29(18-10-2-1-3-11-18)28-23-16-8-9-17-27-23/h1-17H,(H,27,28). The summed E-state index contributed by atoms with van der Waals surface area (Å²) in [7, 11) is 0. The van der Waals surface area contributed by atoms with Gasteiger partial charge in [0, 0.05) is 21.4 Å². The number of halogens is 1. The first-order valence-corrected chi connectivity index (χ1v) is 10.2. The Morgan fingerprint density at radius 3 is 1.76 bits per heavy atom. The molecular formula is C25H18BrN3. The molecule has 0 amide bonds. The fourth-order valence-corrected chi connectivity index (χ4v) is 4.35. The van der Waals surface area contributed by atoms with Gasteiger partial charge in [-0.05, 0) is 51.0 Å². The van der Waals surface area contributed by atoms with Crippen LogP contribution in [0.3, 0.4) is 0 Å². The van der Waals surface area contributed by atoms with Gasteiger partial charge in [-0.25, -0.2) is 4.98 Å². The number of hydrogen-bond acceptors (Lipinski definition) is 3. The molecule has 0 bridgehead atoms. The predicted octanol–water partition coefficient (Wildman–Crippen LogP) is 7.32. The molecule has 4 aromatic carbocycles. The third-order valence-electron chi connectivity index (χ3n) is 4.97. The van der Waals surface area contributed by atoms with E-state index in [0.717, 1.165) is 32.4 Å². The first-order chi connectivity index (χ1) is 14.3. The van der Waals surface area contributed by atoms with Crippen molar-refractivity contribution in [2.75, 3.05) is 10.4 Å². The quantitative estimate of drug-likeness (QED) is 0.235. The normalized spacial score (nSPS) is 10.9. The maximum Gasteiger partial charge on any atom is 0.144 e. The van der Waals surface area contributed by atoms with E-state index in [4.69, 9.17) is 0 Å². The lowest BCUT2D eigenvalue weighted by Gasteiger charge is -2.29. The molecule has 1 aromatic heterocycles. The molecule has 0 unspecified atom stereocenters. The number of hydrazine groups is 1. The topological polar surface area (TPSA) is 28.2 Å². The lowest BCUT2D eigenvalue weighted by atomic mass is 10.00. The summed E-state index contributed by atoms with van der Waals surface area (Å²) in [5.74, 6) is 0.785. The van der Waals surface area contributed by atoms with Gasteiger partial charge in [-0.2, -0.15) is 0 Å². The van der Waals surface area contributed by atoms with Gasteiger partial charge in [0.15, 0.2) is 0 Å². The molecule has 0 saturated heterocycles. The van der Waals surface area contributed by atoms with E-state index in [-0.39, 0.29) is 0 Å². The van der Waals surface area contributed by atoms with Gasteiger partial charge in [-0.3, -0.25) is 10.4 Å². The van der Waals surface area contributed by atoms with Crippen LogP contribution in [0.15, 0.2) is 108 Å². The second kappa shape index (κ2) is 7.57. The Kier molecular flexibility index (Phi) is 4.62. The van der Waals surface area contributed by atoms with Crippen molar-refractivity contribution in [3.05, 3.63) is 108 Å². The van der Waals surface area contributed by atoms with Crippen molar-refractivity contribution in [2.24, 2.45) is 0 Å². The highest BCUT2D eigenvalue weighted by Crippen LogP contribution is 2.43. The molecule has 1 heterocycles. The highest BCUT2D eigenvalue weighted by Gasteiger charge is 2.19. The maximum atomic E-state index is 4.49. The molecule has 1 N–H and O–H groups in total. The Morgan fingerprint density at radius 2 is 1.17 bits per heavy atom. The van der Waals surface area contributed by atoms with Crippen LogP contribution in [-0.2, 0) is 0 Å². The lowest BCUT2D eigenvalue weighted by Crippen LogP contribution is -2.25. The van der Waals surface area contributed by atoms with E-state index in [1.165, 1.54) is 10.8 Å². The van der Waals surface area contributed by atoms with E-state index in [9.17, 15) is 0 Å². The molecule has 0 fully saturated rings. The summed E-state index contributed by atoms with van der Waals surface area (Å²) in [5, 5.41) is 6.78. The molecule has 0 radical (unpaired) electrons. The van der Waals surface area contributed by atoms with Gasteiger partial charge < -0.3 is 0 Å². The number of para-hydroxylation sites is 1. The third kappa shape index (κ3) is 3.22. The summed E-state index contributed by atoms with van der Waals surface area (Å²) in [6, 6.07) is 33.1. The molecule has 0 aliphatic rings. The van der Waals surface area contributed by atoms with Crippen LogP contribution in [-0.4, -0.2) is 4.98 Å². The molecular weight excluding hydrogens is 422 g/mol. The molecule has 140 valence electrons. The smallest absolute Gasteiger partial charge is 0.144 e. The minimum Gasteiger partial charge on any atom is -0.277 e. The second-order valence-corrected chi connectivity index (χ2v) is 7.54. The van der Waals surface area contributed by atoms with Crippen LogP contribution in [0, 0.1) is 0 Å². The number of aromatic nitrogens is 1. The highest BCUT2D eigenvalue weighted by atomic mass is 79.9. The van der Waals surface area contributed by atoms with E-state index in [0.29, 0.717) is 0 Å². The summed E-state index contributed by atoms with van der Waals surface area (Å²) < 4.78 is 1.11. The van der Waals surface area contributed by atoms with Crippen LogP contribution >= 0.6 is 15.9 Å². The van der Waals surface area contributed by atoms with Gasteiger partial charge in [-0.1, -0.05) is 72.8 Å². The van der Waals surface area contributed by atoms with Crippen LogP contribution < -0.4 is 10.4 Å². The van der Waals surface area contributed by atoms with Crippen molar-refractivity contribution in [3.8, 4) is 0 Å². The largest absolute Gasteiger partial charge is 0.277 e. The highest BCUT2D eigenvalue weighted by molar-refractivity contribution is 9.10. The second-order valence-electron chi connectivity index (χ2n) is 6.75. The number of anilines is 3. The molecule has 0 aliphatic carbocycles. The van der Waals surface area contributed by atoms with Crippen molar-refractivity contribution in [1.82, 2.24) is 4.98 Å². The third-order valence-corrected chi connectivity index (χ3v) is 5.82. The summed E-state index contributed by atoms with van der Waals surface area (Å²) in [6.45, 7) is 0. The summed E-state index contributed by atoms with van der Waals surface area (Å²) in [4.78, 5) is 4.49. The van der Waals surface area contributed by atoms with Gasteiger partial charge in [0.25, 0.3) is 0 Å². The Morgan fingerprint density at radius 1 is 0.621 bits per heavy atom. The van der Waals surface area contributed by atoms with Gasteiger partial charge in [0.2, 0.25) is 0 Å². The molecule has 0 atom stereocenters. The zero-order chi connectivity index (χ0) is 19.6. The summed E-state index contributed by atoms with van der Waals surface area (Å²) in [6.07, 6.45) is 1.79. The Bertz CT molecular complexity index is 1230. The Balaban J connectivity index is 1.84. The first kappa shape index (κ1) is 17.7. The number of benzene rings is 4. The van der Waals surface area contributed by atoms with Gasteiger partial charge >= 0.3 is 0 Å². The molecule has 29 heavy (non-hydrogen) atoms. The van der Waals surface area contributed by atoms with E-state index < -0.39 is 0 Å². The van der Waals surface area contributed by atoms with E-state index in [1.54, 1.807) is 6.20 Å². The number of fused-ring (bicyclic) bond motifs is 2. The Labute approximate surface area is 177 Å². The number of pyridine rings is 1. The lowest BCUT2D eigenvalue weighted by molar-refractivity contribution is 1.14. The zero-order valence-electron chi connectivity index (χ0n) is 15.6. The number of nitrogens with zero attached hydrogens (tertiary/aromatic N) is 2. The number of nitrogens with one attached hydrogen (secondary N) is 1. The first-order valence-electron chi connectivity index (χ1n) is 9.45. The van der Waals surface area contributed by atoms with E-state index >= 15 is 0 Å². The maximum absolute atomic E-state index is 4.49. The van der Waals surface area contributed by atoms with Gasteiger partial charge in [-0.15, -0.1) is 0 Å². The van der Waals surface area contributed by atoms with Crippen LogP contribution in [0.5, 0.6) is 0 Å². The number of rotatable bonds is 4. The minimum atomic E-state index is 0.785. The summed E-state index contributed by atoms with van der Waals surface area (Å²) >= 11 is 3.84. The molecule has 0 spiro atoms. The molecule has 4 heteroatoms. The predicted molar refractivity (Wildman–Crippen MR) is 126 cm³/mol. The van der Waals surface area contributed by atoms with Crippen LogP contribution in [0.2, 0.25) is 0 Å². The van der Waals surface area contributed by atoms with Crippen molar-refractivity contribution >= 4 is 54.7 Å². The molecule has 5 aromatic rings. The average Bonchev–Trinajstić information content (AvgIpc) is 2.80. The van der Waals surface area contributed by atoms with E-state index in [2.05, 4.69) is 92.0 Å². The Hall–Kier alpha value is -3.37. The average molecular weight is 440 g/mol. The minimum absolute atomic E-state index is 0.785. The fraction of sp³-hybridized carbons (Fsp3) is 0. The van der Waals surface area contributed by atoms with Crippen molar-refractivity contribution in [1.29, 1.82) is 0 Å². The summed E-state index contributed by atoms with van der Waals surface area (Å²) in [5.41, 5.74) is 5.65. The zero-order valence-corrected chi connectivity index (χ0v) is 17.2. The fourth-order valence-electron chi connectivity index (χ4n) is 3.66. The molecule has 3 nitrogen and oxygen atoms in total. The van der Waals surface area contributed by atoms with Crippen LogP contribution in [0.1, 0.15) is 0 Å². The van der Waals surface area contributed by atoms with Crippen molar-refractivity contribution < 1.29 is 0 Å². The van der Waals surface area contributed by atoms with Crippen LogP contribution in [0.4, 0.5) is 17.2 Å². The molecule has 5 rings (SSSR count). The van der Waals surface area contributed by atoms with Crippen molar-refractivity contribution in [3.63, 3.8) is 0 Å².